The predicted molar refractivity (Wildman–Crippen MR) is 94.6 cm³/mol. The summed E-state index contributed by atoms with van der Waals surface area (Å²) >= 11 is 0. The lowest BCUT2D eigenvalue weighted by Gasteiger charge is -2.50. The first-order valence-electron chi connectivity index (χ1n) is 9.26. The van der Waals surface area contributed by atoms with E-state index in [1.807, 2.05) is 12.3 Å². The van der Waals surface area contributed by atoms with Crippen LogP contribution >= 0.6 is 0 Å². The van der Waals surface area contributed by atoms with Crippen LogP contribution in [-0.2, 0) is 0 Å². The average molecular weight is 327 g/mol. The molecule has 24 heavy (non-hydrogen) atoms. The van der Waals surface area contributed by atoms with Crippen molar-refractivity contribution in [3.63, 3.8) is 0 Å². The Balaban J connectivity index is 1.68. The van der Waals surface area contributed by atoms with E-state index < -0.39 is 0 Å². The van der Waals surface area contributed by atoms with Crippen LogP contribution in [0.25, 0.3) is 10.9 Å². The summed E-state index contributed by atoms with van der Waals surface area (Å²) in [7, 11) is 1.73. The van der Waals surface area contributed by atoms with Gasteiger partial charge in [0.05, 0.1) is 18.5 Å². The Kier molecular flexibility index (Phi) is 4.19. The lowest BCUT2D eigenvalue weighted by Crippen LogP contribution is -2.67. The number of aromatic nitrogens is 1. The van der Waals surface area contributed by atoms with Crippen molar-refractivity contribution >= 4 is 10.9 Å². The van der Waals surface area contributed by atoms with Crippen LogP contribution < -0.4 is 15.5 Å². The molecule has 0 saturated carbocycles. The number of nitrogens with zero attached hydrogens (tertiary/aromatic N) is 1. The zero-order chi connectivity index (χ0) is 16.7. The first-order chi connectivity index (χ1) is 11.7. The van der Waals surface area contributed by atoms with Gasteiger partial charge in [0, 0.05) is 24.2 Å². The van der Waals surface area contributed by atoms with Crippen molar-refractivity contribution in [3.8, 4) is 5.75 Å². The Morgan fingerprint density at radius 1 is 1.38 bits per heavy atom. The fourth-order valence-electron chi connectivity index (χ4n) is 4.92. The minimum Gasteiger partial charge on any atom is -0.497 e. The Labute approximate surface area is 144 Å². The molecule has 0 amide bonds. The van der Waals surface area contributed by atoms with Crippen LogP contribution in [0.3, 0.4) is 0 Å². The predicted octanol–water partition coefficient (Wildman–Crippen LogP) is 2.07. The van der Waals surface area contributed by atoms with E-state index in [4.69, 9.17) is 4.74 Å². The molecular weight excluding hydrogens is 298 g/mol. The molecule has 5 atom stereocenters. The Bertz CT molecular complexity index is 732. The van der Waals surface area contributed by atoms with E-state index in [1.54, 1.807) is 7.11 Å². The Morgan fingerprint density at radius 2 is 2.25 bits per heavy atom. The van der Waals surface area contributed by atoms with Gasteiger partial charge in [-0.25, -0.2) is 4.98 Å². The van der Waals surface area contributed by atoms with E-state index in [1.165, 1.54) is 43.3 Å². The van der Waals surface area contributed by atoms with Crippen LogP contribution in [0.5, 0.6) is 5.75 Å². The molecule has 0 aliphatic carbocycles. The van der Waals surface area contributed by atoms with Gasteiger partial charge in [0.15, 0.2) is 6.20 Å². The Morgan fingerprint density at radius 3 is 2.96 bits per heavy atom. The highest BCUT2D eigenvalue weighted by molar-refractivity contribution is 5.81. The minimum atomic E-state index is 0.301. The number of ether oxygens (including phenoxy) is 1. The number of quaternary nitrogens is 1. The number of hydrogen-bond donors (Lipinski definition) is 1. The summed E-state index contributed by atoms with van der Waals surface area (Å²) in [4.78, 5) is 6.06. The first kappa shape index (κ1) is 15.9. The smallest absolute Gasteiger partial charge is 0.211 e. The molecule has 1 aromatic heterocycles. The van der Waals surface area contributed by atoms with E-state index in [0.29, 0.717) is 12.1 Å². The molecule has 128 valence electrons. The number of methoxy groups -OCH3 is 1. The van der Waals surface area contributed by atoms with Gasteiger partial charge in [0.25, 0.3) is 0 Å². The summed E-state index contributed by atoms with van der Waals surface area (Å²) in [5, 5.41) is 1.24. The molecule has 3 aliphatic rings. The first-order valence-corrected chi connectivity index (χ1v) is 9.26. The van der Waals surface area contributed by atoms with Crippen LogP contribution in [-0.4, -0.2) is 31.1 Å². The van der Waals surface area contributed by atoms with Crippen molar-refractivity contribution in [2.45, 2.75) is 38.3 Å². The van der Waals surface area contributed by atoms with Crippen LogP contribution in [0.2, 0.25) is 0 Å². The molecule has 1 aromatic carbocycles. The van der Waals surface area contributed by atoms with Crippen molar-refractivity contribution in [1.82, 2.24) is 4.90 Å². The summed E-state index contributed by atoms with van der Waals surface area (Å²) in [6.07, 6.45) is 6.04. The fourth-order valence-corrected chi connectivity index (χ4v) is 4.92. The number of benzene rings is 1. The molecule has 2 bridgehead atoms. The van der Waals surface area contributed by atoms with Gasteiger partial charge in [0.1, 0.15) is 11.8 Å². The van der Waals surface area contributed by atoms with Gasteiger partial charge < -0.3 is 10.5 Å². The maximum Gasteiger partial charge on any atom is 0.211 e. The molecular formula is C20H29N3O+2. The van der Waals surface area contributed by atoms with E-state index in [9.17, 15) is 0 Å². The zero-order valence-electron chi connectivity index (χ0n) is 14.8. The number of H-pyrrole nitrogens is 1. The number of nitrogens with one attached hydrogen (secondary N) is 1. The van der Waals surface area contributed by atoms with E-state index in [0.717, 1.165) is 23.1 Å². The second-order valence-corrected chi connectivity index (χ2v) is 7.47. The zero-order valence-corrected chi connectivity index (χ0v) is 14.8. The lowest BCUT2D eigenvalue weighted by molar-refractivity contribution is -0.443. The number of piperidine rings is 3. The molecule has 4 N–H and O–H groups in total. The molecule has 3 saturated heterocycles. The maximum absolute atomic E-state index is 5.44. The van der Waals surface area contributed by atoms with Crippen LogP contribution in [0.1, 0.15) is 37.8 Å². The van der Waals surface area contributed by atoms with Gasteiger partial charge in [-0.3, -0.25) is 4.90 Å². The molecule has 3 fully saturated rings. The molecule has 0 spiro atoms. The van der Waals surface area contributed by atoms with Crippen LogP contribution in [0.4, 0.5) is 0 Å². The number of fused-ring (bicyclic) bond motifs is 4. The number of rotatable bonds is 4. The highest BCUT2D eigenvalue weighted by Gasteiger charge is 2.43. The van der Waals surface area contributed by atoms with Gasteiger partial charge in [-0.1, -0.05) is 13.3 Å². The molecule has 4 heteroatoms. The summed E-state index contributed by atoms with van der Waals surface area (Å²) in [6.45, 7) is 4.85. The third-order valence-electron chi connectivity index (χ3n) is 6.36. The normalized spacial score (nSPS) is 30.5. The van der Waals surface area contributed by atoms with E-state index in [2.05, 4.69) is 40.7 Å². The standard InChI is InChI=1S/C20H27N3O/c1-3-13-12-23-9-7-14(13)10-19(23)20(21)16-6-8-22-18-5-4-15(24-2)11-17(16)18/h4-6,8,11,13-14,19-20H,3,7,9-10,12,21H2,1-2H3/p+2/t13-,14-,19-,20-/m0/s1. The van der Waals surface area contributed by atoms with Crippen molar-refractivity contribution < 1.29 is 15.5 Å². The third-order valence-corrected chi connectivity index (χ3v) is 6.36. The molecule has 2 aromatic rings. The lowest BCUT2D eigenvalue weighted by atomic mass is 9.72. The molecule has 4 heterocycles. The van der Waals surface area contributed by atoms with Gasteiger partial charge >= 0.3 is 0 Å². The average Bonchev–Trinajstić information content (AvgIpc) is 2.66. The number of hydrogen-bond acceptors (Lipinski definition) is 2. The summed E-state index contributed by atoms with van der Waals surface area (Å²) in [5.74, 6) is 2.69. The molecule has 3 aliphatic heterocycles. The largest absolute Gasteiger partial charge is 0.497 e. The summed E-state index contributed by atoms with van der Waals surface area (Å²) in [6, 6.07) is 9.34. The molecule has 4 nitrogen and oxygen atoms in total. The van der Waals surface area contributed by atoms with Crippen molar-refractivity contribution in [1.29, 1.82) is 0 Å². The highest BCUT2D eigenvalue weighted by Crippen LogP contribution is 2.41. The quantitative estimate of drug-likeness (QED) is 0.934. The van der Waals surface area contributed by atoms with Crippen molar-refractivity contribution in [3.05, 3.63) is 36.0 Å². The van der Waals surface area contributed by atoms with E-state index >= 15 is 0 Å². The molecule has 1 unspecified atom stereocenters. The molecule has 0 radical (unpaired) electrons. The topological polar surface area (TPSA) is 54.2 Å². The second kappa shape index (κ2) is 6.34. The number of aromatic amines is 1. The number of pyridine rings is 1. The van der Waals surface area contributed by atoms with Crippen LogP contribution in [0.15, 0.2) is 30.5 Å². The SMILES string of the molecule is CC[C@H]1CN2CC[C@H]1C[C@H]2[C@@H]([NH3+])c1cc[nH+]c2ccc(OC)cc12. The third kappa shape index (κ3) is 2.58. The van der Waals surface area contributed by atoms with Crippen molar-refractivity contribution in [2.24, 2.45) is 11.8 Å². The summed E-state index contributed by atoms with van der Waals surface area (Å²) < 4.78 is 5.44. The highest BCUT2D eigenvalue weighted by atomic mass is 16.5. The fraction of sp³-hybridized carbons (Fsp3) is 0.550. The van der Waals surface area contributed by atoms with E-state index in [-0.39, 0.29) is 0 Å². The summed E-state index contributed by atoms with van der Waals surface area (Å²) in [5.41, 5.74) is 7.11. The van der Waals surface area contributed by atoms with Gasteiger partial charge in [0.2, 0.25) is 5.52 Å². The van der Waals surface area contributed by atoms with Crippen LogP contribution in [0, 0.1) is 11.8 Å². The molecule has 5 rings (SSSR count). The monoisotopic (exact) mass is 327 g/mol. The van der Waals surface area contributed by atoms with Gasteiger partial charge in [-0.2, -0.15) is 0 Å². The van der Waals surface area contributed by atoms with Gasteiger partial charge in [-0.05, 0) is 43.4 Å². The van der Waals surface area contributed by atoms with Gasteiger partial charge in [-0.15, -0.1) is 0 Å². The Hall–Kier alpha value is -1.65. The minimum absolute atomic E-state index is 0.301. The maximum atomic E-state index is 5.44. The second-order valence-electron chi connectivity index (χ2n) is 7.47. The van der Waals surface area contributed by atoms with Crippen molar-refractivity contribution in [2.75, 3.05) is 20.2 Å².